The average Bonchev–Trinajstić information content (AvgIpc) is 3.07. The van der Waals surface area contributed by atoms with Gasteiger partial charge in [0, 0.05) is 6.54 Å². The van der Waals surface area contributed by atoms with Gasteiger partial charge in [0.25, 0.3) is 5.91 Å². The zero-order valence-corrected chi connectivity index (χ0v) is 19.1. The lowest BCUT2D eigenvalue weighted by Crippen LogP contribution is -2.29. The molecule has 1 aliphatic heterocycles. The fourth-order valence-electron chi connectivity index (χ4n) is 4.73. The van der Waals surface area contributed by atoms with Gasteiger partial charge in [0.15, 0.2) is 5.43 Å². The smallest absolute Gasteiger partial charge is 0.291 e. The molecule has 0 fully saturated rings. The van der Waals surface area contributed by atoms with Crippen molar-refractivity contribution in [1.29, 1.82) is 0 Å². The summed E-state index contributed by atoms with van der Waals surface area (Å²) in [6.07, 6.45) is 0. The van der Waals surface area contributed by atoms with Crippen molar-refractivity contribution in [3.05, 3.63) is 110 Å². The number of aryl methyl sites for hydroxylation is 3. The van der Waals surface area contributed by atoms with E-state index in [9.17, 15) is 9.59 Å². The summed E-state index contributed by atoms with van der Waals surface area (Å²) in [5, 5.41) is 0.525. The van der Waals surface area contributed by atoms with Crippen LogP contribution in [0, 0.1) is 20.8 Å². The van der Waals surface area contributed by atoms with Gasteiger partial charge >= 0.3 is 0 Å². The van der Waals surface area contributed by atoms with Gasteiger partial charge in [0.2, 0.25) is 5.76 Å². The SMILES string of the molecule is COc1cccc(C2c3c(oc4cc(C)cc(C)c4c3=O)C(=O)N2Cc2ccc(C)cc2)c1. The van der Waals surface area contributed by atoms with Gasteiger partial charge in [-0.05, 0) is 61.2 Å². The monoisotopic (exact) mass is 439 g/mol. The number of hydrogen-bond acceptors (Lipinski definition) is 4. The summed E-state index contributed by atoms with van der Waals surface area (Å²) in [5.74, 6) is 0.509. The number of carbonyl (C=O) groups is 1. The van der Waals surface area contributed by atoms with Gasteiger partial charge < -0.3 is 14.1 Å². The van der Waals surface area contributed by atoms with Crippen LogP contribution in [0.1, 0.15) is 50.0 Å². The lowest BCUT2D eigenvalue weighted by molar-refractivity contribution is 0.0714. The number of rotatable bonds is 4. The first-order valence-electron chi connectivity index (χ1n) is 11.0. The number of carbonyl (C=O) groups excluding carboxylic acids is 1. The van der Waals surface area contributed by atoms with Gasteiger partial charge in [0.1, 0.15) is 11.3 Å². The predicted molar refractivity (Wildman–Crippen MR) is 128 cm³/mol. The van der Waals surface area contributed by atoms with Crippen LogP contribution in [0.3, 0.4) is 0 Å². The number of benzene rings is 3. The Hall–Kier alpha value is -3.86. The summed E-state index contributed by atoms with van der Waals surface area (Å²) in [6, 6.07) is 18.8. The second-order valence-corrected chi connectivity index (χ2v) is 8.73. The van der Waals surface area contributed by atoms with E-state index >= 15 is 0 Å². The molecule has 1 aliphatic rings. The van der Waals surface area contributed by atoms with Crippen molar-refractivity contribution in [2.24, 2.45) is 0 Å². The molecule has 0 bridgehead atoms. The highest BCUT2D eigenvalue weighted by Crippen LogP contribution is 2.40. The van der Waals surface area contributed by atoms with Crippen molar-refractivity contribution in [3.8, 4) is 5.75 Å². The minimum atomic E-state index is -0.565. The van der Waals surface area contributed by atoms with E-state index in [0.717, 1.165) is 27.8 Å². The third-order valence-corrected chi connectivity index (χ3v) is 6.30. The Morgan fingerprint density at radius 3 is 2.42 bits per heavy atom. The van der Waals surface area contributed by atoms with Gasteiger partial charge in [-0.1, -0.05) is 48.0 Å². The molecule has 0 spiro atoms. The molecule has 0 saturated heterocycles. The molecule has 1 aromatic heterocycles. The van der Waals surface area contributed by atoms with E-state index in [2.05, 4.69) is 0 Å². The molecule has 2 heterocycles. The van der Waals surface area contributed by atoms with Crippen molar-refractivity contribution in [2.45, 2.75) is 33.4 Å². The Balaban J connectivity index is 1.75. The third-order valence-electron chi connectivity index (χ3n) is 6.30. The molecule has 1 amide bonds. The molecule has 0 N–H and O–H groups in total. The van der Waals surface area contributed by atoms with Crippen LogP contribution in [-0.4, -0.2) is 17.9 Å². The fourth-order valence-corrected chi connectivity index (χ4v) is 4.73. The largest absolute Gasteiger partial charge is 0.497 e. The summed E-state index contributed by atoms with van der Waals surface area (Å²) < 4.78 is 11.6. The van der Waals surface area contributed by atoms with Gasteiger partial charge in [-0.25, -0.2) is 0 Å². The predicted octanol–water partition coefficient (Wildman–Crippen LogP) is 5.47. The Bertz CT molecular complexity index is 1450. The van der Waals surface area contributed by atoms with Crippen LogP contribution in [0.5, 0.6) is 5.75 Å². The lowest BCUT2D eigenvalue weighted by atomic mass is 9.96. The first kappa shape index (κ1) is 21.0. The summed E-state index contributed by atoms with van der Waals surface area (Å²) in [6.45, 7) is 6.24. The van der Waals surface area contributed by atoms with Crippen molar-refractivity contribution in [1.82, 2.24) is 4.90 Å². The van der Waals surface area contributed by atoms with E-state index in [1.54, 1.807) is 12.0 Å². The Kier molecular flexibility index (Phi) is 5.05. The molecule has 5 nitrogen and oxygen atoms in total. The van der Waals surface area contributed by atoms with E-state index < -0.39 is 6.04 Å². The summed E-state index contributed by atoms with van der Waals surface area (Å²) in [5.41, 5.74) is 5.45. The second-order valence-electron chi connectivity index (χ2n) is 8.73. The van der Waals surface area contributed by atoms with Gasteiger partial charge in [0.05, 0.1) is 24.1 Å². The van der Waals surface area contributed by atoms with Crippen molar-refractivity contribution < 1.29 is 13.9 Å². The molecule has 1 atom stereocenters. The van der Waals surface area contributed by atoms with Crippen LogP contribution in [0.15, 0.2) is 69.9 Å². The van der Waals surface area contributed by atoms with Gasteiger partial charge in [-0.3, -0.25) is 9.59 Å². The number of amides is 1. The molecule has 0 aliphatic carbocycles. The highest BCUT2D eigenvalue weighted by molar-refractivity contribution is 5.99. The maximum absolute atomic E-state index is 13.8. The molecule has 5 heteroatoms. The number of nitrogens with zero attached hydrogens (tertiary/aromatic N) is 1. The van der Waals surface area contributed by atoms with E-state index in [1.807, 2.05) is 81.4 Å². The van der Waals surface area contributed by atoms with Crippen molar-refractivity contribution in [3.63, 3.8) is 0 Å². The highest BCUT2D eigenvalue weighted by atomic mass is 16.5. The first-order valence-corrected chi connectivity index (χ1v) is 11.0. The molecule has 33 heavy (non-hydrogen) atoms. The Morgan fingerprint density at radius 1 is 0.939 bits per heavy atom. The third kappa shape index (κ3) is 3.50. The summed E-state index contributed by atoms with van der Waals surface area (Å²) in [4.78, 5) is 29.2. The van der Waals surface area contributed by atoms with E-state index in [1.165, 1.54) is 0 Å². The second kappa shape index (κ2) is 7.93. The molecule has 3 aromatic carbocycles. The van der Waals surface area contributed by atoms with E-state index in [4.69, 9.17) is 9.15 Å². The quantitative estimate of drug-likeness (QED) is 0.423. The topological polar surface area (TPSA) is 59.8 Å². The van der Waals surface area contributed by atoms with Gasteiger partial charge in [-0.15, -0.1) is 0 Å². The fraction of sp³-hybridized carbons (Fsp3) is 0.214. The summed E-state index contributed by atoms with van der Waals surface area (Å²) >= 11 is 0. The van der Waals surface area contributed by atoms with E-state index in [-0.39, 0.29) is 17.1 Å². The standard InChI is InChI=1S/C28H25NO4/c1-16-8-10-19(11-9-16)15-29-25(20-6-5-7-21(14-20)32-4)24-26(30)23-18(3)12-17(2)13-22(23)33-27(24)28(29)31/h5-14,25H,15H2,1-4H3. The Morgan fingerprint density at radius 2 is 1.70 bits per heavy atom. The number of fused-ring (bicyclic) bond motifs is 2. The number of ether oxygens (including phenoxy) is 1. The molecule has 0 saturated carbocycles. The normalized spacial score (nSPS) is 15.2. The molecule has 5 rings (SSSR count). The molecule has 1 unspecified atom stereocenters. The molecular weight excluding hydrogens is 414 g/mol. The van der Waals surface area contributed by atoms with Crippen LogP contribution in [0.25, 0.3) is 11.0 Å². The van der Waals surface area contributed by atoms with Crippen LogP contribution in [-0.2, 0) is 6.54 Å². The molecular formula is C28H25NO4. The highest BCUT2D eigenvalue weighted by Gasteiger charge is 2.43. The molecule has 166 valence electrons. The average molecular weight is 440 g/mol. The van der Waals surface area contributed by atoms with Crippen LogP contribution >= 0.6 is 0 Å². The number of hydrogen-bond donors (Lipinski definition) is 0. The molecule has 0 radical (unpaired) electrons. The molecule has 4 aromatic rings. The van der Waals surface area contributed by atoms with Crippen LogP contribution in [0.2, 0.25) is 0 Å². The van der Waals surface area contributed by atoms with Crippen molar-refractivity contribution >= 4 is 16.9 Å². The minimum Gasteiger partial charge on any atom is -0.497 e. The minimum absolute atomic E-state index is 0.123. The van der Waals surface area contributed by atoms with E-state index in [0.29, 0.717) is 28.8 Å². The maximum atomic E-state index is 13.8. The lowest BCUT2D eigenvalue weighted by Gasteiger charge is -2.25. The van der Waals surface area contributed by atoms with Crippen molar-refractivity contribution in [2.75, 3.05) is 7.11 Å². The maximum Gasteiger partial charge on any atom is 0.291 e. The summed E-state index contributed by atoms with van der Waals surface area (Å²) in [7, 11) is 1.60. The zero-order chi connectivity index (χ0) is 23.3. The van der Waals surface area contributed by atoms with Crippen LogP contribution < -0.4 is 10.2 Å². The number of methoxy groups -OCH3 is 1. The Labute approximate surface area is 192 Å². The first-order chi connectivity index (χ1) is 15.9. The van der Waals surface area contributed by atoms with Gasteiger partial charge in [-0.2, -0.15) is 0 Å². The van der Waals surface area contributed by atoms with Crippen LogP contribution in [0.4, 0.5) is 0 Å². The zero-order valence-electron chi connectivity index (χ0n) is 19.1.